The van der Waals surface area contributed by atoms with Gasteiger partial charge >= 0.3 is 0 Å². The Morgan fingerprint density at radius 3 is 2.64 bits per heavy atom. The zero-order chi connectivity index (χ0) is 10.7. The Labute approximate surface area is 89.7 Å². The fourth-order valence-electron chi connectivity index (χ4n) is 1.51. The molecule has 0 aliphatic rings. The molecular formula is C11H16ClNO. The summed E-state index contributed by atoms with van der Waals surface area (Å²) < 4.78 is 0. The van der Waals surface area contributed by atoms with E-state index in [1.54, 1.807) is 6.07 Å². The fourth-order valence-corrected chi connectivity index (χ4v) is 1.79. The minimum Gasteiger partial charge on any atom is -0.507 e. The van der Waals surface area contributed by atoms with Crippen molar-refractivity contribution in [2.24, 2.45) is 5.73 Å². The van der Waals surface area contributed by atoms with Crippen LogP contribution in [0.2, 0.25) is 5.02 Å². The topological polar surface area (TPSA) is 46.2 Å². The highest BCUT2D eigenvalue weighted by atomic mass is 35.5. The number of hydrogen-bond acceptors (Lipinski definition) is 2. The molecule has 0 amide bonds. The van der Waals surface area contributed by atoms with E-state index in [0.717, 1.165) is 29.5 Å². The Morgan fingerprint density at radius 2 is 2.07 bits per heavy atom. The van der Waals surface area contributed by atoms with Gasteiger partial charge in [-0.15, -0.1) is 0 Å². The van der Waals surface area contributed by atoms with Crippen molar-refractivity contribution in [3.8, 4) is 5.75 Å². The number of halogens is 1. The van der Waals surface area contributed by atoms with Gasteiger partial charge in [-0.1, -0.05) is 11.6 Å². The first-order valence-corrected chi connectivity index (χ1v) is 5.13. The zero-order valence-corrected chi connectivity index (χ0v) is 9.36. The van der Waals surface area contributed by atoms with Gasteiger partial charge < -0.3 is 10.8 Å². The Hall–Kier alpha value is -0.730. The normalized spacial score (nSPS) is 10.6. The third-order valence-electron chi connectivity index (χ3n) is 2.44. The maximum atomic E-state index is 9.83. The van der Waals surface area contributed by atoms with E-state index in [-0.39, 0.29) is 0 Å². The Bertz CT molecular complexity index is 310. The standard InChI is InChI=1S/C11H16ClNO/c1-7-6-10(12)8(2)9(11(7)14)4-3-5-13/h6,14H,3-5,13H2,1-2H3. The van der Waals surface area contributed by atoms with Gasteiger partial charge in [0.1, 0.15) is 5.75 Å². The molecule has 0 bridgehead atoms. The highest BCUT2D eigenvalue weighted by molar-refractivity contribution is 6.31. The lowest BCUT2D eigenvalue weighted by Crippen LogP contribution is -2.02. The molecule has 3 heteroatoms. The van der Waals surface area contributed by atoms with Crippen LogP contribution in [0.5, 0.6) is 5.75 Å². The van der Waals surface area contributed by atoms with Crippen LogP contribution in [0.15, 0.2) is 6.07 Å². The van der Waals surface area contributed by atoms with Gasteiger partial charge in [-0.25, -0.2) is 0 Å². The maximum Gasteiger partial charge on any atom is 0.122 e. The van der Waals surface area contributed by atoms with E-state index >= 15 is 0 Å². The average molecular weight is 214 g/mol. The van der Waals surface area contributed by atoms with Crippen molar-refractivity contribution in [2.75, 3.05) is 6.54 Å². The molecule has 0 aliphatic heterocycles. The average Bonchev–Trinajstić information content (AvgIpc) is 2.15. The van der Waals surface area contributed by atoms with Crippen LogP contribution in [0, 0.1) is 13.8 Å². The molecule has 0 atom stereocenters. The highest BCUT2D eigenvalue weighted by Gasteiger charge is 2.10. The Morgan fingerprint density at radius 1 is 1.43 bits per heavy atom. The second-order valence-corrected chi connectivity index (χ2v) is 3.93. The minimum absolute atomic E-state index is 0.361. The summed E-state index contributed by atoms with van der Waals surface area (Å²) in [5.74, 6) is 0.361. The van der Waals surface area contributed by atoms with E-state index < -0.39 is 0 Å². The predicted molar refractivity (Wildman–Crippen MR) is 60.0 cm³/mol. The second kappa shape index (κ2) is 4.67. The smallest absolute Gasteiger partial charge is 0.122 e. The van der Waals surface area contributed by atoms with E-state index in [9.17, 15) is 5.11 Å². The first-order chi connectivity index (χ1) is 6.57. The van der Waals surface area contributed by atoms with Crippen LogP contribution in [0.3, 0.4) is 0 Å². The molecule has 1 aromatic rings. The number of rotatable bonds is 3. The molecule has 0 saturated carbocycles. The molecule has 3 N–H and O–H groups in total. The van der Waals surface area contributed by atoms with Crippen LogP contribution in [-0.4, -0.2) is 11.7 Å². The van der Waals surface area contributed by atoms with Crippen LogP contribution in [0.4, 0.5) is 0 Å². The molecule has 2 nitrogen and oxygen atoms in total. The molecule has 0 spiro atoms. The molecule has 1 rings (SSSR count). The van der Waals surface area contributed by atoms with Crippen molar-refractivity contribution in [3.05, 3.63) is 27.8 Å². The van der Waals surface area contributed by atoms with E-state index in [0.29, 0.717) is 17.3 Å². The van der Waals surface area contributed by atoms with Gasteiger partial charge in [0.15, 0.2) is 0 Å². The number of hydrogen-bond donors (Lipinski definition) is 2. The largest absolute Gasteiger partial charge is 0.507 e. The van der Waals surface area contributed by atoms with Gasteiger partial charge in [-0.05, 0) is 56.0 Å². The van der Waals surface area contributed by atoms with Crippen LogP contribution in [0.25, 0.3) is 0 Å². The molecule has 14 heavy (non-hydrogen) atoms. The molecule has 0 aliphatic carbocycles. The van der Waals surface area contributed by atoms with E-state index in [1.807, 2.05) is 13.8 Å². The summed E-state index contributed by atoms with van der Waals surface area (Å²) in [6.07, 6.45) is 1.66. The molecule has 0 unspecified atom stereocenters. The fraction of sp³-hybridized carbons (Fsp3) is 0.455. The molecule has 1 aromatic carbocycles. The van der Waals surface area contributed by atoms with E-state index in [4.69, 9.17) is 17.3 Å². The predicted octanol–water partition coefficient (Wildman–Crippen LogP) is 2.55. The first-order valence-electron chi connectivity index (χ1n) is 4.75. The molecule has 0 fully saturated rings. The molecule has 0 radical (unpaired) electrons. The minimum atomic E-state index is 0.361. The van der Waals surface area contributed by atoms with Crippen LogP contribution in [0.1, 0.15) is 23.1 Å². The van der Waals surface area contributed by atoms with Crippen LogP contribution in [-0.2, 0) is 6.42 Å². The molecular weight excluding hydrogens is 198 g/mol. The van der Waals surface area contributed by atoms with E-state index in [2.05, 4.69) is 0 Å². The third kappa shape index (κ3) is 2.20. The lowest BCUT2D eigenvalue weighted by Gasteiger charge is -2.12. The summed E-state index contributed by atoms with van der Waals surface area (Å²) >= 11 is 6.03. The van der Waals surface area contributed by atoms with Crippen molar-refractivity contribution >= 4 is 11.6 Å². The van der Waals surface area contributed by atoms with Crippen molar-refractivity contribution < 1.29 is 5.11 Å². The molecule has 78 valence electrons. The monoisotopic (exact) mass is 213 g/mol. The lowest BCUT2D eigenvalue weighted by atomic mass is 9.99. The van der Waals surface area contributed by atoms with Gasteiger partial charge in [-0.3, -0.25) is 0 Å². The molecule has 0 heterocycles. The number of aromatic hydroxyl groups is 1. The van der Waals surface area contributed by atoms with Crippen molar-refractivity contribution in [2.45, 2.75) is 26.7 Å². The number of phenols is 1. The second-order valence-electron chi connectivity index (χ2n) is 3.52. The zero-order valence-electron chi connectivity index (χ0n) is 8.60. The van der Waals surface area contributed by atoms with Crippen molar-refractivity contribution in [1.29, 1.82) is 0 Å². The summed E-state index contributed by atoms with van der Waals surface area (Å²) in [5.41, 5.74) is 8.16. The van der Waals surface area contributed by atoms with Crippen molar-refractivity contribution in [3.63, 3.8) is 0 Å². The molecule has 0 saturated heterocycles. The number of nitrogens with two attached hydrogens (primary N) is 1. The Kier molecular flexibility index (Phi) is 3.78. The quantitative estimate of drug-likeness (QED) is 0.811. The number of aryl methyl sites for hydroxylation is 1. The third-order valence-corrected chi connectivity index (χ3v) is 2.84. The van der Waals surface area contributed by atoms with Crippen LogP contribution < -0.4 is 5.73 Å². The summed E-state index contributed by atoms with van der Waals surface area (Å²) in [4.78, 5) is 0. The highest BCUT2D eigenvalue weighted by Crippen LogP contribution is 2.31. The lowest BCUT2D eigenvalue weighted by molar-refractivity contribution is 0.462. The molecule has 0 aromatic heterocycles. The van der Waals surface area contributed by atoms with Gasteiger partial charge in [0.2, 0.25) is 0 Å². The summed E-state index contributed by atoms with van der Waals surface area (Å²) in [6.45, 7) is 4.41. The summed E-state index contributed by atoms with van der Waals surface area (Å²) in [6, 6.07) is 1.79. The number of benzene rings is 1. The van der Waals surface area contributed by atoms with Gasteiger partial charge in [0.25, 0.3) is 0 Å². The van der Waals surface area contributed by atoms with Gasteiger partial charge in [0.05, 0.1) is 0 Å². The SMILES string of the molecule is Cc1cc(Cl)c(C)c(CCCN)c1O. The van der Waals surface area contributed by atoms with Crippen molar-refractivity contribution in [1.82, 2.24) is 0 Å². The number of phenolic OH excluding ortho intramolecular Hbond substituents is 1. The van der Waals surface area contributed by atoms with E-state index in [1.165, 1.54) is 0 Å². The summed E-state index contributed by atoms with van der Waals surface area (Å²) in [7, 11) is 0. The Balaban J connectivity index is 3.11. The first kappa shape index (κ1) is 11.3. The van der Waals surface area contributed by atoms with Gasteiger partial charge in [0, 0.05) is 5.02 Å². The summed E-state index contributed by atoms with van der Waals surface area (Å²) in [5, 5.41) is 10.5. The van der Waals surface area contributed by atoms with Gasteiger partial charge in [-0.2, -0.15) is 0 Å². The van der Waals surface area contributed by atoms with Crippen LogP contribution >= 0.6 is 11.6 Å². The maximum absolute atomic E-state index is 9.83.